The number of nitrogens with one attached hydrogen (secondary N) is 2. The molecule has 13 nitrogen and oxygen atoms in total. The fourth-order valence-electron chi connectivity index (χ4n) is 9.39. The number of thiazole rings is 1. The number of morpholine rings is 1. The van der Waals surface area contributed by atoms with Crippen LogP contribution in [0.25, 0.3) is 33.4 Å². The minimum Gasteiger partial charge on any atom is -0.464 e. The Bertz CT molecular complexity index is 2310. The highest BCUT2D eigenvalue weighted by Crippen LogP contribution is 2.46. The Hall–Kier alpha value is -4.51. The van der Waals surface area contributed by atoms with Gasteiger partial charge in [0.25, 0.3) is 5.91 Å². The fraction of sp³-hybridized carbons (Fsp3) is 0.568. The standard InChI is InChI=1S/C44H53F2N7O6S/c1-24(57-4)37-31(17-27(21-47-37)51-11-13-58-14-12-51)39-32-20-44(2,3)23-59-43(56)33-8-6-10-53(50-33)42(55)34(49-41(54)30-18-29(30)40(45)46)19-36-48-35(22-60-36)26-15-25-7-5-9-52(39)38(25)28(32)16-26/h15-17,21-22,24,29-30,33-34,40,50H,5-14,18-20,23H2,1-4H3,(H,49,54)/t24-,29-,30-,33-,34-/m0/s1. The van der Waals surface area contributed by atoms with Crippen molar-refractivity contribution in [2.24, 2.45) is 17.3 Å². The summed E-state index contributed by atoms with van der Waals surface area (Å²) in [6.45, 7) is 10.3. The first-order chi connectivity index (χ1) is 28.9. The number of fused-ring (bicyclic) bond motifs is 6. The first-order valence-electron chi connectivity index (χ1n) is 21.2. The number of aromatic nitrogens is 3. The number of aryl methyl sites for hydroxylation is 2. The number of hydrogen-bond donors (Lipinski definition) is 2. The molecule has 60 heavy (non-hydrogen) atoms. The van der Waals surface area contributed by atoms with Gasteiger partial charge >= 0.3 is 5.97 Å². The van der Waals surface area contributed by atoms with Gasteiger partial charge in [-0.2, -0.15) is 0 Å². The number of benzene rings is 1. The molecule has 5 atom stereocenters. The van der Waals surface area contributed by atoms with Gasteiger partial charge in [0.2, 0.25) is 12.3 Å². The van der Waals surface area contributed by atoms with E-state index >= 15 is 0 Å². The number of methoxy groups -OCH3 is 1. The number of carbonyl (C=O) groups excluding carboxylic acids is 3. The van der Waals surface area contributed by atoms with Crippen molar-refractivity contribution in [3.63, 3.8) is 0 Å². The summed E-state index contributed by atoms with van der Waals surface area (Å²) in [5, 5.41) is 7.86. The maximum atomic E-state index is 14.2. The van der Waals surface area contributed by atoms with E-state index in [2.05, 4.69) is 52.3 Å². The summed E-state index contributed by atoms with van der Waals surface area (Å²) < 4.78 is 47.1. The van der Waals surface area contributed by atoms with Crippen molar-refractivity contribution in [1.82, 2.24) is 30.3 Å². The van der Waals surface area contributed by atoms with Crippen LogP contribution in [0.5, 0.6) is 0 Å². The van der Waals surface area contributed by atoms with E-state index in [1.54, 1.807) is 7.11 Å². The van der Waals surface area contributed by atoms with E-state index in [9.17, 15) is 23.2 Å². The molecule has 3 fully saturated rings. The molecule has 0 spiro atoms. The van der Waals surface area contributed by atoms with E-state index in [1.807, 2.05) is 18.5 Å². The molecule has 2 saturated heterocycles. The third-order valence-electron chi connectivity index (χ3n) is 12.8. The topological polar surface area (TPSA) is 140 Å². The molecule has 0 radical (unpaired) electrons. The highest BCUT2D eigenvalue weighted by molar-refractivity contribution is 7.10. The molecule has 5 aliphatic rings. The highest BCUT2D eigenvalue weighted by Gasteiger charge is 2.50. The normalized spacial score (nSPS) is 24.9. The van der Waals surface area contributed by atoms with Crippen molar-refractivity contribution in [3.8, 4) is 22.5 Å². The summed E-state index contributed by atoms with van der Waals surface area (Å²) in [5.74, 6) is -3.35. The summed E-state index contributed by atoms with van der Waals surface area (Å²) in [6.07, 6.45) is 2.60. The number of alkyl halides is 2. The lowest BCUT2D eigenvalue weighted by molar-refractivity contribution is -0.155. The van der Waals surface area contributed by atoms with Crippen LogP contribution in [0.4, 0.5) is 14.5 Å². The van der Waals surface area contributed by atoms with Crippen molar-refractivity contribution < 1.29 is 37.4 Å². The van der Waals surface area contributed by atoms with Crippen molar-refractivity contribution in [1.29, 1.82) is 0 Å². The molecule has 4 aromatic rings. The van der Waals surface area contributed by atoms with E-state index in [4.69, 9.17) is 24.2 Å². The van der Waals surface area contributed by atoms with Crippen LogP contribution in [0.15, 0.2) is 29.8 Å². The van der Waals surface area contributed by atoms with Crippen molar-refractivity contribution in [2.45, 2.75) is 96.9 Å². The van der Waals surface area contributed by atoms with E-state index in [0.29, 0.717) is 44.0 Å². The zero-order chi connectivity index (χ0) is 41.9. The van der Waals surface area contributed by atoms with E-state index < -0.39 is 53.5 Å². The Morgan fingerprint density at radius 2 is 1.93 bits per heavy atom. The molecule has 2 amide bonds. The maximum absolute atomic E-state index is 14.2. The molecule has 1 saturated carbocycles. The molecule has 1 aliphatic carbocycles. The molecular formula is C44H53F2N7O6S. The average molecular weight is 846 g/mol. The monoisotopic (exact) mass is 845 g/mol. The second-order valence-corrected chi connectivity index (χ2v) is 18.7. The van der Waals surface area contributed by atoms with Crippen LogP contribution in [-0.2, 0) is 54.4 Å². The summed E-state index contributed by atoms with van der Waals surface area (Å²) in [5.41, 5.74) is 11.7. The van der Waals surface area contributed by atoms with Gasteiger partial charge in [-0.3, -0.25) is 24.4 Å². The number of amides is 2. The molecule has 0 unspecified atom stereocenters. The predicted octanol–water partition coefficient (Wildman–Crippen LogP) is 5.87. The third-order valence-corrected chi connectivity index (χ3v) is 13.7. The summed E-state index contributed by atoms with van der Waals surface area (Å²) in [6, 6.07) is 4.83. The van der Waals surface area contributed by atoms with E-state index in [0.717, 1.165) is 77.3 Å². The second kappa shape index (κ2) is 16.4. The van der Waals surface area contributed by atoms with Crippen LogP contribution in [0, 0.1) is 17.3 Å². The van der Waals surface area contributed by atoms with Gasteiger partial charge in [-0.1, -0.05) is 13.8 Å². The van der Waals surface area contributed by atoms with Gasteiger partial charge < -0.3 is 29.0 Å². The zero-order valence-corrected chi connectivity index (χ0v) is 35.4. The van der Waals surface area contributed by atoms with Crippen LogP contribution in [0.1, 0.15) is 74.4 Å². The number of cyclic esters (lactones) is 1. The molecule has 1 aromatic carbocycles. The minimum absolute atomic E-state index is 0.0661. The van der Waals surface area contributed by atoms with Crippen molar-refractivity contribution in [2.75, 3.05) is 51.5 Å². The summed E-state index contributed by atoms with van der Waals surface area (Å²) >= 11 is 1.40. The largest absolute Gasteiger partial charge is 0.464 e. The fourth-order valence-corrected chi connectivity index (χ4v) is 10.2. The number of hydrogen-bond acceptors (Lipinski definition) is 11. The van der Waals surface area contributed by atoms with Gasteiger partial charge in [0.05, 0.1) is 65.4 Å². The molecule has 320 valence electrons. The van der Waals surface area contributed by atoms with Crippen LogP contribution in [0.3, 0.4) is 0 Å². The number of rotatable bonds is 7. The lowest BCUT2D eigenvalue weighted by Crippen LogP contribution is -2.60. The summed E-state index contributed by atoms with van der Waals surface area (Å²) in [4.78, 5) is 53.7. The van der Waals surface area contributed by atoms with Crippen LogP contribution < -0.4 is 15.6 Å². The van der Waals surface area contributed by atoms with E-state index in [1.165, 1.54) is 27.4 Å². The SMILES string of the molecule is CO[C@@H](C)c1ncc(N2CCOCC2)cc1-c1c2c3cc(cc4c3n1CCC4)-c1csc(n1)C[C@H](NC(=O)[C@H]1C[C@@H]1C(F)F)C(=O)N1CCC[C@H](N1)C(=O)OCC(C)(C)C2. The van der Waals surface area contributed by atoms with Crippen molar-refractivity contribution in [3.05, 3.63) is 51.6 Å². The number of ether oxygens (including phenoxy) is 3. The Morgan fingerprint density at radius 3 is 2.70 bits per heavy atom. The molecule has 9 rings (SSSR count). The molecule has 4 aliphatic heterocycles. The van der Waals surface area contributed by atoms with Gasteiger partial charge in [0, 0.05) is 78.9 Å². The van der Waals surface area contributed by atoms with Gasteiger partial charge in [0.15, 0.2) is 0 Å². The number of hydrazine groups is 1. The smallest absolute Gasteiger partial charge is 0.324 e. The highest BCUT2D eigenvalue weighted by atomic mass is 32.1. The molecule has 6 bridgehead atoms. The third kappa shape index (κ3) is 7.91. The summed E-state index contributed by atoms with van der Waals surface area (Å²) in [7, 11) is 1.71. The number of halogens is 2. The Balaban J connectivity index is 1.18. The maximum Gasteiger partial charge on any atom is 0.324 e. The van der Waals surface area contributed by atoms with Crippen LogP contribution >= 0.6 is 11.3 Å². The van der Waals surface area contributed by atoms with Crippen LogP contribution in [0.2, 0.25) is 0 Å². The van der Waals surface area contributed by atoms with Crippen molar-refractivity contribution >= 4 is 45.7 Å². The number of nitrogens with zero attached hydrogens (tertiary/aromatic N) is 5. The lowest BCUT2D eigenvalue weighted by Gasteiger charge is -2.35. The number of carbonyl (C=O) groups is 3. The Kier molecular flexibility index (Phi) is 11.2. The van der Waals surface area contributed by atoms with E-state index in [-0.39, 0.29) is 25.6 Å². The Labute approximate surface area is 352 Å². The number of pyridine rings is 1. The second-order valence-electron chi connectivity index (χ2n) is 17.7. The first kappa shape index (κ1) is 40.9. The molecule has 7 heterocycles. The Morgan fingerprint density at radius 1 is 1.12 bits per heavy atom. The van der Waals surface area contributed by atoms with Gasteiger partial charge in [0.1, 0.15) is 12.1 Å². The van der Waals surface area contributed by atoms with Gasteiger partial charge in [-0.05, 0) is 74.8 Å². The number of esters is 1. The predicted molar refractivity (Wildman–Crippen MR) is 223 cm³/mol. The number of anilines is 1. The molecular weight excluding hydrogens is 793 g/mol. The van der Waals surface area contributed by atoms with Crippen LogP contribution in [-0.4, -0.2) is 102 Å². The molecule has 2 N–H and O–H groups in total. The first-order valence-corrected chi connectivity index (χ1v) is 22.1. The molecule has 16 heteroatoms. The zero-order valence-electron chi connectivity index (χ0n) is 34.6. The average Bonchev–Trinajstić information content (AvgIpc) is 3.85. The van der Waals surface area contributed by atoms with Gasteiger partial charge in [-0.15, -0.1) is 11.3 Å². The quantitative estimate of drug-likeness (QED) is 0.217. The lowest BCUT2D eigenvalue weighted by atomic mass is 9.84. The molecule has 3 aromatic heterocycles. The minimum atomic E-state index is -2.60. The van der Waals surface area contributed by atoms with Gasteiger partial charge in [-0.25, -0.2) is 19.2 Å².